The van der Waals surface area contributed by atoms with Gasteiger partial charge in [-0.25, -0.2) is 4.39 Å². The molecule has 0 amide bonds. The van der Waals surface area contributed by atoms with Crippen molar-refractivity contribution in [3.05, 3.63) is 29.6 Å². The molecule has 0 aliphatic heterocycles. The maximum absolute atomic E-state index is 13.7. The third-order valence-corrected chi connectivity index (χ3v) is 3.76. The van der Waals surface area contributed by atoms with Crippen LogP contribution in [0.1, 0.15) is 38.2 Å². The molecule has 1 aliphatic carbocycles. The molecule has 1 aromatic rings. The van der Waals surface area contributed by atoms with Crippen molar-refractivity contribution in [3.63, 3.8) is 0 Å². The minimum Gasteiger partial charge on any atom is -0.398 e. The summed E-state index contributed by atoms with van der Waals surface area (Å²) >= 11 is 0. The van der Waals surface area contributed by atoms with Crippen LogP contribution in [0.3, 0.4) is 0 Å². The molecule has 1 fully saturated rings. The van der Waals surface area contributed by atoms with E-state index in [-0.39, 0.29) is 5.82 Å². The van der Waals surface area contributed by atoms with Gasteiger partial charge >= 0.3 is 0 Å². The first-order chi connectivity index (χ1) is 8.22. The van der Waals surface area contributed by atoms with Crippen LogP contribution in [0.25, 0.3) is 0 Å². The standard InChI is InChI=1S/C14H21FN2/c1-2-17(11-6-3-4-7-11)10-12-13(15)8-5-9-14(12)16/h5,8-9,11H,2-4,6-7,10,16H2,1H3. The van der Waals surface area contributed by atoms with Crippen LogP contribution in [-0.2, 0) is 6.54 Å². The van der Waals surface area contributed by atoms with Crippen LogP contribution in [0.4, 0.5) is 10.1 Å². The van der Waals surface area contributed by atoms with Crippen LogP contribution in [0.2, 0.25) is 0 Å². The fourth-order valence-corrected chi connectivity index (χ4v) is 2.71. The molecule has 0 saturated heterocycles. The zero-order valence-corrected chi connectivity index (χ0v) is 10.5. The summed E-state index contributed by atoms with van der Waals surface area (Å²) in [7, 11) is 0. The predicted octanol–water partition coefficient (Wildman–Crippen LogP) is 3.17. The number of rotatable bonds is 4. The molecule has 1 aromatic carbocycles. The summed E-state index contributed by atoms with van der Waals surface area (Å²) < 4.78 is 13.7. The number of nitrogen functional groups attached to an aromatic ring is 1. The van der Waals surface area contributed by atoms with Crippen molar-refractivity contribution in [3.8, 4) is 0 Å². The van der Waals surface area contributed by atoms with Gasteiger partial charge in [0, 0.05) is 23.8 Å². The fraction of sp³-hybridized carbons (Fsp3) is 0.571. The molecule has 2 N–H and O–H groups in total. The van der Waals surface area contributed by atoms with E-state index >= 15 is 0 Å². The van der Waals surface area contributed by atoms with Crippen LogP contribution >= 0.6 is 0 Å². The highest BCUT2D eigenvalue weighted by molar-refractivity contribution is 5.47. The molecule has 0 radical (unpaired) electrons. The molecule has 0 atom stereocenters. The van der Waals surface area contributed by atoms with Crippen LogP contribution in [0.5, 0.6) is 0 Å². The Labute approximate surface area is 103 Å². The predicted molar refractivity (Wildman–Crippen MR) is 69.2 cm³/mol. The van der Waals surface area contributed by atoms with Gasteiger partial charge in [-0.1, -0.05) is 25.8 Å². The van der Waals surface area contributed by atoms with Gasteiger partial charge in [-0.05, 0) is 31.5 Å². The van der Waals surface area contributed by atoms with E-state index in [1.54, 1.807) is 12.1 Å². The molecule has 2 rings (SSSR count). The maximum Gasteiger partial charge on any atom is 0.129 e. The largest absolute Gasteiger partial charge is 0.398 e. The van der Waals surface area contributed by atoms with Crippen LogP contribution in [-0.4, -0.2) is 17.5 Å². The Balaban J connectivity index is 2.12. The molecule has 0 heterocycles. The summed E-state index contributed by atoms with van der Waals surface area (Å²) in [4.78, 5) is 2.35. The lowest BCUT2D eigenvalue weighted by Crippen LogP contribution is -2.33. The Bertz CT molecular complexity index is 352. The number of hydrogen-bond acceptors (Lipinski definition) is 2. The third kappa shape index (κ3) is 2.78. The Morgan fingerprint density at radius 1 is 1.35 bits per heavy atom. The van der Waals surface area contributed by atoms with Crippen molar-refractivity contribution in [1.82, 2.24) is 4.90 Å². The van der Waals surface area contributed by atoms with Gasteiger partial charge in [0.15, 0.2) is 0 Å². The monoisotopic (exact) mass is 236 g/mol. The second-order valence-electron chi connectivity index (χ2n) is 4.81. The molecule has 3 heteroatoms. The summed E-state index contributed by atoms with van der Waals surface area (Å²) in [6, 6.07) is 5.55. The Morgan fingerprint density at radius 2 is 2.06 bits per heavy atom. The molecule has 0 unspecified atom stereocenters. The zero-order chi connectivity index (χ0) is 12.3. The highest BCUT2D eigenvalue weighted by Gasteiger charge is 2.22. The Kier molecular flexibility index (Phi) is 4.00. The van der Waals surface area contributed by atoms with Crippen molar-refractivity contribution >= 4 is 5.69 Å². The van der Waals surface area contributed by atoms with E-state index in [0.29, 0.717) is 23.8 Å². The van der Waals surface area contributed by atoms with Crippen molar-refractivity contribution in [2.24, 2.45) is 0 Å². The molecule has 1 saturated carbocycles. The maximum atomic E-state index is 13.7. The van der Waals surface area contributed by atoms with Gasteiger partial charge in [-0.2, -0.15) is 0 Å². The molecular formula is C14H21FN2. The molecule has 0 bridgehead atoms. The van der Waals surface area contributed by atoms with Crippen molar-refractivity contribution in [2.75, 3.05) is 12.3 Å². The van der Waals surface area contributed by atoms with Crippen molar-refractivity contribution in [1.29, 1.82) is 0 Å². The van der Waals surface area contributed by atoms with Crippen molar-refractivity contribution < 1.29 is 4.39 Å². The molecule has 0 aromatic heterocycles. The van der Waals surface area contributed by atoms with Gasteiger partial charge in [0.05, 0.1) is 0 Å². The highest BCUT2D eigenvalue weighted by atomic mass is 19.1. The van der Waals surface area contributed by atoms with E-state index in [2.05, 4.69) is 11.8 Å². The summed E-state index contributed by atoms with van der Waals surface area (Å²) in [5.74, 6) is -0.179. The summed E-state index contributed by atoms with van der Waals surface area (Å²) in [5, 5.41) is 0. The average molecular weight is 236 g/mol. The van der Waals surface area contributed by atoms with Crippen LogP contribution < -0.4 is 5.73 Å². The van der Waals surface area contributed by atoms with Gasteiger partial charge in [0.1, 0.15) is 5.82 Å². The Morgan fingerprint density at radius 3 is 2.65 bits per heavy atom. The quantitative estimate of drug-likeness (QED) is 0.814. The van der Waals surface area contributed by atoms with E-state index in [1.807, 2.05) is 0 Å². The third-order valence-electron chi connectivity index (χ3n) is 3.76. The number of halogens is 1. The molecule has 0 spiro atoms. The number of nitrogens with two attached hydrogens (primary N) is 1. The SMILES string of the molecule is CCN(Cc1c(N)cccc1F)C1CCCC1. The van der Waals surface area contributed by atoms with E-state index in [4.69, 9.17) is 5.73 Å². The Hall–Kier alpha value is -1.09. The minimum absolute atomic E-state index is 0.179. The number of benzene rings is 1. The van der Waals surface area contributed by atoms with E-state index in [0.717, 1.165) is 6.54 Å². The minimum atomic E-state index is -0.179. The molecule has 94 valence electrons. The average Bonchev–Trinajstić information content (AvgIpc) is 2.82. The van der Waals surface area contributed by atoms with E-state index < -0.39 is 0 Å². The molecule has 2 nitrogen and oxygen atoms in total. The summed E-state index contributed by atoms with van der Waals surface area (Å²) in [5.41, 5.74) is 7.08. The van der Waals surface area contributed by atoms with Gasteiger partial charge in [-0.3, -0.25) is 4.90 Å². The van der Waals surface area contributed by atoms with Crippen molar-refractivity contribution in [2.45, 2.75) is 45.2 Å². The normalized spacial score (nSPS) is 16.9. The molecule has 1 aliphatic rings. The first kappa shape index (κ1) is 12.4. The van der Waals surface area contributed by atoms with E-state index in [1.165, 1.54) is 31.7 Å². The molecule has 17 heavy (non-hydrogen) atoms. The number of anilines is 1. The number of hydrogen-bond donors (Lipinski definition) is 1. The van der Waals surface area contributed by atoms with Gasteiger partial charge < -0.3 is 5.73 Å². The van der Waals surface area contributed by atoms with Crippen LogP contribution in [0.15, 0.2) is 18.2 Å². The van der Waals surface area contributed by atoms with Gasteiger partial charge in [-0.15, -0.1) is 0 Å². The first-order valence-corrected chi connectivity index (χ1v) is 6.49. The lowest BCUT2D eigenvalue weighted by Gasteiger charge is -2.28. The lowest BCUT2D eigenvalue weighted by atomic mass is 10.1. The smallest absolute Gasteiger partial charge is 0.129 e. The topological polar surface area (TPSA) is 29.3 Å². The van der Waals surface area contributed by atoms with Gasteiger partial charge in [0.2, 0.25) is 0 Å². The number of nitrogens with zero attached hydrogens (tertiary/aromatic N) is 1. The lowest BCUT2D eigenvalue weighted by molar-refractivity contribution is 0.198. The summed E-state index contributed by atoms with van der Waals surface area (Å²) in [6.07, 6.45) is 5.08. The second-order valence-corrected chi connectivity index (χ2v) is 4.81. The summed E-state index contributed by atoms with van der Waals surface area (Å²) in [6.45, 7) is 3.73. The second kappa shape index (κ2) is 5.50. The highest BCUT2D eigenvalue weighted by Crippen LogP contribution is 2.26. The fourth-order valence-electron chi connectivity index (χ4n) is 2.71. The molecular weight excluding hydrogens is 215 g/mol. The van der Waals surface area contributed by atoms with Gasteiger partial charge in [0.25, 0.3) is 0 Å². The zero-order valence-electron chi connectivity index (χ0n) is 10.5. The van der Waals surface area contributed by atoms with E-state index in [9.17, 15) is 4.39 Å². The first-order valence-electron chi connectivity index (χ1n) is 6.49. The van der Waals surface area contributed by atoms with Crippen LogP contribution in [0, 0.1) is 5.82 Å².